The number of hydrogen-bond acceptors (Lipinski definition) is 4. The zero-order valence-electron chi connectivity index (χ0n) is 8.34. The maximum Gasteiger partial charge on any atom is 0.326 e. The van der Waals surface area contributed by atoms with Crippen LogP contribution in [0.5, 0.6) is 0 Å². The number of carboxylic acids is 2. The molecule has 3 N–H and O–H groups in total. The van der Waals surface area contributed by atoms with Crippen molar-refractivity contribution in [2.75, 3.05) is 0 Å². The van der Waals surface area contributed by atoms with Gasteiger partial charge in [-0.15, -0.1) is 11.3 Å². The van der Waals surface area contributed by atoms with E-state index < -0.39 is 30.3 Å². The number of aliphatic carboxylic acids is 2. The average molecular weight is 322 g/mol. The molecule has 6 nitrogen and oxygen atoms in total. The van der Waals surface area contributed by atoms with Crippen LogP contribution in [0, 0.1) is 0 Å². The number of rotatable bonds is 5. The topological polar surface area (TPSA) is 104 Å². The van der Waals surface area contributed by atoms with Crippen molar-refractivity contribution in [3.05, 3.63) is 20.8 Å². The van der Waals surface area contributed by atoms with Gasteiger partial charge in [0.1, 0.15) is 6.04 Å². The fourth-order valence-electron chi connectivity index (χ4n) is 1.04. The summed E-state index contributed by atoms with van der Waals surface area (Å²) in [4.78, 5) is 33.0. The molecule has 1 aromatic rings. The van der Waals surface area contributed by atoms with E-state index in [2.05, 4.69) is 21.2 Å². The van der Waals surface area contributed by atoms with Crippen LogP contribution in [0.1, 0.15) is 16.1 Å². The first-order valence-electron chi connectivity index (χ1n) is 4.41. The number of hydrogen-bond donors (Lipinski definition) is 3. The molecule has 1 amide bonds. The summed E-state index contributed by atoms with van der Waals surface area (Å²) in [5.74, 6) is -3.27. The Kier molecular flexibility index (Phi) is 4.64. The van der Waals surface area contributed by atoms with E-state index in [0.29, 0.717) is 4.88 Å². The molecule has 0 bridgehead atoms. The second-order valence-corrected chi connectivity index (χ2v) is 5.53. The van der Waals surface area contributed by atoms with Crippen LogP contribution in [-0.4, -0.2) is 34.1 Å². The summed E-state index contributed by atoms with van der Waals surface area (Å²) in [5, 5.41) is 19.4. The van der Waals surface area contributed by atoms with Gasteiger partial charge in [0.15, 0.2) is 0 Å². The molecule has 1 aromatic heterocycles. The lowest BCUT2D eigenvalue weighted by Crippen LogP contribution is -2.41. The predicted molar refractivity (Wildman–Crippen MR) is 63.2 cm³/mol. The number of amides is 1. The van der Waals surface area contributed by atoms with Gasteiger partial charge >= 0.3 is 11.9 Å². The van der Waals surface area contributed by atoms with Crippen molar-refractivity contribution in [1.29, 1.82) is 0 Å². The van der Waals surface area contributed by atoms with E-state index in [1.54, 1.807) is 6.07 Å². The molecule has 0 saturated heterocycles. The molecule has 0 saturated carbocycles. The van der Waals surface area contributed by atoms with Crippen LogP contribution in [0.3, 0.4) is 0 Å². The van der Waals surface area contributed by atoms with Crippen LogP contribution in [0.15, 0.2) is 15.9 Å². The lowest BCUT2D eigenvalue weighted by Gasteiger charge is -2.11. The molecular weight excluding hydrogens is 314 g/mol. The molecule has 1 rings (SSSR count). The molecule has 0 aromatic carbocycles. The van der Waals surface area contributed by atoms with Gasteiger partial charge in [-0.1, -0.05) is 0 Å². The first-order valence-corrected chi connectivity index (χ1v) is 6.02. The number of carboxylic acid groups (broad SMARTS) is 2. The molecule has 17 heavy (non-hydrogen) atoms. The third-order valence-corrected chi connectivity index (χ3v) is 3.40. The normalized spacial score (nSPS) is 11.8. The monoisotopic (exact) mass is 321 g/mol. The lowest BCUT2D eigenvalue weighted by molar-refractivity contribution is -0.145. The van der Waals surface area contributed by atoms with Gasteiger partial charge in [-0.3, -0.25) is 9.59 Å². The van der Waals surface area contributed by atoms with Crippen LogP contribution in [0.2, 0.25) is 0 Å². The summed E-state index contributed by atoms with van der Waals surface area (Å²) >= 11 is 4.30. The van der Waals surface area contributed by atoms with E-state index in [4.69, 9.17) is 10.2 Å². The molecule has 1 atom stereocenters. The molecule has 0 fully saturated rings. The minimum Gasteiger partial charge on any atom is -0.481 e. The summed E-state index contributed by atoms with van der Waals surface area (Å²) in [6.45, 7) is 0. The van der Waals surface area contributed by atoms with Crippen molar-refractivity contribution in [3.8, 4) is 0 Å². The highest BCUT2D eigenvalue weighted by molar-refractivity contribution is 9.11. The molecule has 92 valence electrons. The highest BCUT2D eigenvalue weighted by Crippen LogP contribution is 2.21. The van der Waals surface area contributed by atoms with Gasteiger partial charge in [0, 0.05) is 0 Å². The minimum absolute atomic E-state index is 0.313. The second-order valence-electron chi connectivity index (χ2n) is 3.07. The highest BCUT2D eigenvalue weighted by atomic mass is 79.9. The van der Waals surface area contributed by atoms with Gasteiger partial charge in [0.05, 0.1) is 15.1 Å². The Morgan fingerprint density at radius 2 is 2.00 bits per heavy atom. The number of carbonyl (C=O) groups excluding carboxylic acids is 1. The fraction of sp³-hybridized carbons (Fsp3) is 0.222. The van der Waals surface area contributed by atoms with Crippen LogP contribution < -0.4 is 5.32 Å². The zero-order valence-corrected chi connectivity index (χ0v) is 10.7. The second kappa shape index (κ2) is 5.78. The first-order chi connectivity index (χ1) is 7.90. The quantitative estimate of drug-likeness (QED) is 0.755. The maximum atomic E-state index is 11.6. The van der Waals surface area contributed by atoms with Crippen molar-refractivity contribution in [3.63, 3.8) is 0 Å². The smallest absolute Gasteiger partial charge is 0.326 e. The van der Waals surface area contributed by atoms with E-state index in [-0.39, 0.29) is 0 Å². The van der Waals surface area contributed by atoms with Gasteiger partial charge in [-0.2, -0.15) is 0 Å². The Hall–Kier alpha value is -1.41. The summed E-state index contributed by atoms with van der Waals surface area (Å²) in [7, 11) is 0. The number of thiophene rings is 1. The van der Waals surface area contributed by atoms with Crippen LogP contribution in [0.25, 0.3) is 0 Å². The van der Waals surface area contributed by atoms with E-state index in [1.165, 1.54) is 6.07 Å². The van der Waals surface area contributed by atoms with Gasteiger partial charge in [0.2, 0.25) is 0 Å². The minimum atomic E-state index is -1.43. The number of halogens is 1. The fourth-order valence-corrected chi connectivity index (χ4v) is 2.33. The summed E-state index contributed by atoms with van der Waals surface area (Å²) < 4.78 is 0.729. The van der Waals surface area contributed by atoms with E-state index in [0.717, 1.165) is 15.1 Å². The van der Waals surface area contributed by atoms with Crippen LogP contribution >= 0.6 is 27.3 Å². The summed E-state index contributed by atoms with van der Waals surface area (Å²) in [6.07, 6.45) is -0.659. The van der Waals surface area contributed by atoms with Crippen LogP contribution in [-0.2, 0) is 9.59 Å². The van der Waals surface area contributed by atoms with Gasteiger partial charge < -0.3 is 15.5 Å². The summed E-state index contributed by atoms with van der Waals surface area (Å²) in [6, 6.07) is 1.73. The lowest BCUT2D eigenvalue weighted by atomic mass is 10.2. The van der Waals surface area contributed by atoms with Gasteiger partial charge in [-0.05, 0) is 28.1 Å². The molecule has 0 radical (unpaired) electrons. The zero-order chi connectivity index (χ0) is 13.0. The van der Waals surface area contributed by atoms with Gasteiger partial charge in [0.25, 0.3) is 5.91 Å². The molecule has 0 aliphatic carbocycles. The predicted octanol–water partition coefficient (Wildman–Crippen LogP) is 1.17. The number of nitrogens with one attached hydrogen (secondary N) is 1. The molecule has 0 spiro atoms. The Bertz CT molecular complexity index is 458. The standard InChI is InChI=1S/C9H8BrNO5S/c10-6-2-1-5(17-6)8(14)11-4(9(15)16)3-7(12)13/h1-2,4H,3H2,(H,11,14)(H,12,13)(H,15,16). The number of carbonyl (C=O) groups is 3. The Labute approximate surface area is 108 Å². The molecule has 1 heterocycles. The van der Waals surface area contributed by atoms with Gasteiger partial charge in [-0.25, -0.2) is 4.79 Å². The molecule has 0 aliphatic heterocycles. The van der Waals surface area contributed by atoms with E-state index in [1.807, 2.05) is 0 Å². The molecule has 0 aliphatic rings. The van der Waals surface area contributed by atoms with E-state index in [9.17, 15) is 14.4 Å². The van der Waals surface area contributed by atoms with Crippen molar-refractivity contribution in [2.24, 2.45) is 0 Å². The highest BCUT2D eigenvalue weighted by Gasteiger charge is 2.24. The largest absolute Gasteiger partial charge is 0.481 e. The molecule has 8 heteroatoms. The van der Waals surface area contributed by atoms with Crippen molar-refractivity contribution in [1.82, 2.24) is 5.32 Å². The Morgan fingerprint density at radius 3 is 2.41 bits per heavy atom. The Balaban J connectivity index is 2.70. The first kappa shape index (κ1) is 13.7. The average Bonchev–Trinajstić information content (AvgIpc) is 2.63. The van der Waals surface area contributed by atoms with Crippen LogP contribution in [0.4, 0.5) is 0 Å². The third-order valence-electron chi connectivity index (χ3n) is 1.78. The van der Waals surface area contributed by atoms with Crippen molar-refractivity contribution >= 4 is 45.1 Å². The molecule has 1 unspecified atom stereocenters. The third kappa shape index (κ3) is 4.16. The summed E-state index contributed by atoms with van der Waals surface area (Å²) in [5.41, 5.74) is 0. The Morgan fingerprint density at radius 1 is 1.35 bits per heavy atom. The molecular formula is C9H8BrNO5S. The maximum absolute atomic E-state index is 11.6. The van der Waals surface area contributed by atoms with E-state index >= 15 is 0 Å². The van der Waals surface area contributed by atoms with Crippen molar-refractivity contribution < 1.29 is 24.6 Å². The SMILES string of the molecule is O=C(O)CC(NC(=O)c1ccc(Br)s1)C(=O)O. The van der Waals surface area contributed by atoms with Crippen molar-refractivity contribution in [2.45, 2.75) is 12.5 Å².